The Morgan fingerprint density at radius 1 is 1.07 bits per heavy atom. The molecule has 2 N–H and O–H groups in total. The molecule has 0 aliphatic rings. The SMILES string of the molecule is Cc1c(-c2cccc(-c3ccccc3)c2)c(C#N)c(SCc2nn[nH]n2)[nH]c1=O. The summed E-state index contributed by atoms with van der Waals surface area (Å²) in [6.07, 6.45) is 0. The van der Waals surface area contributed by atoms with Gasteiger partial charge in [0.2, 0.25) is 0 Å². The molecule has 0 aliphatic carbocycles. The van der Waals surface area contributed by atoms with Crippen molar-refractivity contribution in [1.29, 1.82) is 5.26 Å². The number of thioether (sulfide) groups is 1. The number of nitrogens with zero attached hydrogens (tertiary/aromatic N) is 4. The van der Waals surface area contributed by atoms with Gasteiger partial charge < -0.3 is 4.98 Å². The lowest BCUT2D eigenvalue weighted by atomic mass is 9.94. The van der Waals surface area contributed by atoms with Crippen LogP contribution >= 0.6 is 11.8 Å². The lowest BCUT2D eigenvalue weighted by Gasteiger charge is -2.13. The molecule has 0 bridgehead atoms. The average molecular weight is 400 g/mol. The fraction of sp³-hybridized carbons (Fsp3) is 0.0952. The number of nitriles is 1. The first-order valence-corrected chi connectivity index (χ1v) is 9.84. The Bertz CT molecular complexity index is 1240. The molecule has 0 saturated heterocycles. The number of hydrogen-bond donors (Lipinski definition) is 2. The molecule has 7 nitrogen and oxygen atoms in total. The van der Waals surface area contributed by atoms with Gasteiger partial charge in [-0.15, -0.1) is 10.2 Å². The second-order valence-electron chi connectivity index (χ2n) is 6.33. The molecule has 142 valence electrons. The van der Waals surface area contributed by atoms with Crippen LogP contribution in [0.25, 0.3) is 22.3 Å². The Balaban J connectivity index is 1.81. The zero-order valence-electron chi connectivity index (χ0n) is 15.5. The van der Waals surface area contributed by atoms with Crippen LogP contribution in [0.1, 0.15) is 17.0 Å². The Kier molecular flexibility index (Phi) is 5.22. The fourth-order valence-electron chi connectivity index (χ4n) is 3.11. The van der Waals surface area contributed by atoms with E-state index in [1.165, 1.54) is 11.8 Å². The summed E-state index contributed by atoms with van der Waals surface area (Å²) in [5, 5.41) is 24.1. The summed E-state index contributed by atoms with van der Waals surface area (Å²) in [7, 11) is 0. The summed E-state index contributed by atoms with van der Waals surface area (Å²) in [5.74, 6) is 0.876. The number of nitrogens with one attached hydrogen (secondary N) is 2. The predicted molar refractivity (Wildman–Crippen MR) is 111 cm³/mol. The van der Waals surface area contributed by atoms with Crippen molar-refractivity contribution in [3.8, 4) is 28.3 Å². The lowest BCUT2D eigenvalue weighted by molar-refractivity contribution is 0.881. The highest BCUT2D eigenvalue weighted by Crippen LogP contribution is 2.34. The van der Waals surface area contributed by atoms with Crippen LogP contribution in [0.15, 0.2) is 64.4 Å². The number of pyridine rings is 1. The Morgan fingerprint density at radius 3 is 2.55 bits per heavy atom. The van der Waals surface area contributed by atoms with E-state index in [2.05, 4.69) is 31.7 Å². The number of hydrogen-bond acceptors (Lipinski definition) is 6. The third-order valence-corrected chi connectivity index (χ3v) is 5.52. The molecule has 0 saturated carbocycles. The smallest absolute Gasteiger partial charge is 0.252 e. The molecule has 0 spiro atoms. The Morgan fingerprint density at radius 2 is 1.83 bits per heavy atom. The van der Waals surface area contributed by atoms with Crippen molar-refractivity contribution >= 4 is 11.8 Å². The van der Waals surface area contributed by atoms with Gasteiger partial charge in [0.15, 0.2) is 5.82 Å². The minimum atomic E-state index is -0.222. The summed E-state index contributed by atoms with van der Waals surface area (Å²) in [6, 6.07) is 20.1. The van der Waals surface area contributed by atoms with E-state index in [1.54, 1.807) is 6.92 Å². The van der Waals surface area contributed by atoms with E-state index in [0.29, 0.717) is 33.3 Å². The molecule has 0 radical (unpaired) electrons. The highest BCUT2D eigenvalue weighted by atomic mass is 32.2. The normalized spacial score (nSPS) is 10.6. The van der Waals surface area contributed by atoms with E-state index in [9.17, 15) is 10.1 Å². The molecule has 4 rings (SSSR count). The molecule has 0 unspecified atom stereocenters. The van der Waals surface area contributed by atoms with E-state index in [-0.39, 0.29) is 5.56 Å². The van der Waals surface area contributed by atoms with Crippen LogP contribution in [0.3, 0.4) is 0 Å². The van der Waals surface area contributed by atoms with Gasteiger partial charge in [0.05, 0.1) is 16.3 Å². The molecule has 8 heteroatoms. The second-order valence-corrected chi connectivity index (χ2v) is 7.32. The van der Waals surface area contributed by atoms with E-state index in [4.69, 9.17) is 0 Å². The first-order valence-electron chi connectivity index (χ1n) is 8.85. The average Bonchev–Trinajstić information content (AvgIpc) is 3.28. The Labute approximate surface area is 170 Å². The second kappa shape index (κ2) is 8.12. The maximum atomic E-state index is 12.6. The molecule has 2 aromatic carbocycles. The predicted octanol–water partition coefficient (Wildman–Crippen LogP) is 3.69. The summed E-state index contributed by atoms with van der Waals surface area (Å²) in [4.78, 5) is 15.4. The van der Waals surface area contributed by atoms with E-state index in [1.807, 2.05) is 54.6 Å². The summed E-state index contributed by atoms with van der Waals surface area (Å²) in [6.45, 7) is 1.73. The third-order valence-electron chi connectivity index (χ3n) is 4.52. The van der Waals surface area contributed by atoms with Gasteiger partial charge in [0, 0.05) is 11.1 Å². The standard InChI is InChI=1S/C21H16N6OS/c1-13-19(16-9-5-8-15(10-16)14-6-3-2-4-7-14)17(11-22)21(23-20(13)28)29-12-18-24-26-27-25-18/h2-10H,12H2,1H3,(H,23,28)(H,24,25,26,27). The van der Waals surface area contributed by atoms with Crippen molar-refractivity contribution in [2.45, 2.75) is 17.7 Å². The van der Waals surface area contributed by atoms with Crippen LogP contribution < -0.4 is 5.56 Å². The van der Waals surface area contributed by atoms with Crippen molar-refractivity contribution in [3.63, 3.8) is 0 Å². The van der Waals surface area contributed by atoms with Gasteiger partial charge in [0.25, 0.3) is 5.56 Å². The van der Waals surface area contributed by atoms with Crippen LogP contribution in [0, 0.1) is 18.3 Å². The van der Waals surface area contributed by atoms with Crippen molar-refractivity contribution in [3.05, 3.63) is 81.9 Å². The first kappa shape index (κ1) is 18.7. The number of rotatable bonds is 5. The molecule has 2 aromatic heterocycles. The van der Waals surface area contributed by atoms with E-state index >= 15 is 0 Å². The molecule has 4 aromatic rings. The van der Waals surface area contributed by atoms with E-state index < -0.39 is 0 Å². The number of aromatic nitrogens is 5. The monoisotopic (exact) mass is 400 g/mol. The summed E-state index contributed by atoms with van der Waals surface area (Å²) in [5.41, 5.74) is 4.28. The number of tetrazole rings is 1. The van der Waals surface area contributed by atoms with Gasteiger partial charge in [0.1, 0.15) is 6.07 Å². The van der Waals surface area contributed by atoms with Crippen molar-refractivity contribution in [1.82, 2.24) is 25.6 Å². The molecular formula is C21H16N6OS. The zero-order chi connectivity index (χ0) is 20.2. The van der Waals surface area contributed by atoms with Crippen LogP contribution in [-0.4, -0.2) is 25.6 Å². The molecule has 2 heterocycles. The summed E-state index contributed by atoms with van der Waals surface area (Å²) < 4.78 is 0. The molecular weight excluding hydrogens is 384 g/mol. The zero-order valence-corrected chi connectivity index (χ0v) is 16.3. The number of H-pyrrole nitrogens is 2. The van der Waals surface area contributed by atoms with Crippen molar-refractivity contribution in [2.75, 3.05) is 0 Å². The minimum absolute atomic E-state index is 0.222. The molecule has 0 amide bonds. The fourth-order valence-corrected chi connectivity index (χ4v) is 3.97. The van der Waals surface area contributed by atoms with Gasteiger partial charge in [-0.3, -0.25) is 4.79 Å². The third kappa shape index (κ3) is 3.81. The van der Waals surface area contributed by atoms with Gasteiger partial charge >= 0.3 is 0 Å². The quantitative estimate of drug-likeness (QED) is 0.494. The molecule has 0 atom stereocenters. The lowest BCUT2D eigenvalue weighted by Crippen LogP contribution is -2.14. The van der Waals surface area contributed by atoms with Crippen molar-refractivity contribution < 1.29 is 0 Å². The van der Waals surface area contributed by atoms with Gasteiger partial charge in [-0.2, -0.15) is 10.5 Å². The maximum absolute atomic E-state index is 12.6. The van der Waals surface area contributed by atoms with Gasteiger partial charge in [-0.25, -0.2) is 0 Å². The maximum Gasteiger partial charge on any atom is 0.252 e. The van der Waals surface area contributed by atoms with Crippen LogP contribution in [-0.2, 0) is 5.75 Å². The molecule has 0 aliphatic heterocycles. The Hall–Kier alpha value is -3.70. The first-order chi connectivity index (χ1) is 14.2. The van der Waals surface area contributed by atoms with E-state index in [0.717, 1.165) is 16.7 Å². The van der Waals surface area contributed by atoms with Crippen LogP contribution in [0.2, 0.25) is 0 Å². The van der Waals surface area contributed by atoms with Crippen LogP contribution in [0.5, 0.6) is 0 Å². The van der Waals surface area contributed by atoms with Crippen LogP contribution in [0.4, 0.5) is 0 Å². The largest absolute Gasteiger partial charge is 0.316 e. The minimum Gasteiger partial charge on any atom is -0.316 e. The van der Waals surface area contributed by atoms with Crippen molar-refractivity contribution in [2.24, 2.45) is 0 Å². The van der Waals surface area contributed by atoms with Gasteiger partial charge in [-0.1, -0.05) is 65.5 Å². The van der Waals surface area contributed by atoms with Gasteiger partial charge in [-0.05, 0) is 29.7 Å². The highest BCUT2D eigenvalue weighted by Gasteiger charge is 2.18. The molecule has 0 fully saturated rings. The topological polar surface area (TPSA) is 111 Å². The number of aromatic amines is 2. The number of benzene rings is 2. The molecule has 29 heavy (non-hydrogen) atoms. The highest BCUT2D eigenvalue weighted by molar-refractivity contribution is 7.98. The summed E-state index contributed by atoms with van der Waals surface area (Å²) >= 11 is 1.30.